The maximum Gasteiger partial charge on any atom is 0.351 e. The van der Waals surface area contributed by atoms with Crippen LogP contribution in [-0.2, 0) is 0 Å². The molecule has 2 aliphatic carbocycles. The van der Waals surface area contributed by atoms with Crippen LogP contribution in [-0.4, -0.2) is 46.8 Å². The Hall–Kier alpha value is -2.97. The molecule has 36 heavy (non-hydrogen) atoms. The first kappa shape index (κ1) is 24.7. The van der Waals surface area contributed by atoms with E-state index in [2.05, 4.69) is 0 Å². The van der Waals surface area contributed by atoms with Gasteiger partial charge in [0.2, 0.25) is 0 Å². The highest BCUT2D eigenvalue weighted by Gasteiger charge is 2.70. The summed E-state index contributed by atoms with van der Waals surface area (Å²) < 4.78 is 22.7. The van der Waals surface area contributed by atoms with Gasteiger partial charge in [0.05, 0.1) is 31.3 Å². The molecule has 3 aliphatic rings. The molecule has 2 heterocycles. The lowest BCUT2D eigenvalue weighted by molar-refractivity contribution is -0.237. The van der Waals surface area contributed by atoms with Crippen molar-refractivity contribution in [3.05, 3.63) is 45.8 Å². The molecule has 0 radical (unpaired) electrons. The summed E-state index contributed by atoms with van der Waals surface area (Å²) in [6.07, 6.45) is 0.952. The quantitative estimate of drug-likeness (QED) is 0.568. The average Bonchev–Trinajstić information content (AvgIpc) is 2.83. The van der Waals surface area contributed by atoms with E-state index in [1.54, 1.807) is 31.2 Å². The number of aliphatic hydroxyl groups is 3. The largest absolute Gasteiger partial charge is 0.507 e. The standard InChI is InChI=1S/C28H34O8/c1-25(2)10-9-20(29)27(4)23-22(30)21-19(36-26(23,3)11-12-28(25,27)32)14-17(35-24(21)31)15-7-8-16(33-5)18(13-15)34-6/h7-8,13-14,20,29-30,32H,9-12H2,1-6H3/t20-,26-,27-,28-/m1/s1. The van der Waals surface area contributed by atoms with Gasteiger partial charge >= 0.3 is 5.63 Å². The number of benzene rings is 1. The Morgan fingerprint density at radius 1 is 1.00 bits per heavy atom. The summed E-state index contributed by atoms with van der Waals surface area (Å²) in [7, 11) is 3.05. The van der Waals surface area contributed by atoms with Crippen molar-refractivity contribution in [1.29, 1.82) is 0 Å². The third-order valence-electron chi connectivity index (χ3n) is 9.09. The lowest BCUT2D eigenvalue weighted by Gasteiger charge is -2.65. The first-order valence-electron chi connectivity index (χ1n) is 12.3. The number of fused-ring (bicyclic) bond motifs is 4. The molecule has 1 aromatic carbocycles. The molecule has 0 amide bonds. The topological polar surface area (TPSA) is 119 Å². The van der Waals surface area contributed by atoms with Crippen LogP contribution in [0.4, 0.5) is 0 Å². The van der Waals surface area contributed by atoms with Gasteiger partial charge in [-0.25, -0.2) is 4.79 Å². The Balaban J connectivity index is 1.71. The number of rotatable bonds is 3. The molecule has 194 valence electrons. The second-order valence-electron chi connectivity index (χ2n) is 11.3. The van der Waals surface area contributed by atoms with Gasteiger partial charge < -0.3 is 33.9 Å². The zero-order valence-corrected chi connectivity index (χ0v) is 21.6. The van der Waals surface area contributed by atoms with E-state index in [0.717, 1.165) is 0 Å². The van der Waals surface area contributed by atoms with E-state index in [4.69, 9.17) is 18.6 Å². The van der Waals surface area contributed by atoms with Gasteiger partial charge in [0.15, 0.2) is 11.5 Å². The Morgan fingerprint density at radius 3 is 2.36 bits per heavy atom. The molecule has 2 aromatic rings. The van der Waals surface area contributed by atoms with Crippen molar-refractivity contribution in [3.8, 4) is 28.6 Å². The van der Waals surface area contributed by atoms with Crippen LogP contribution in [0.2, 0.25) is 0 Å². The number of ether oxygens (including phenoxy) is 3. The molecule has 1 aromatic heterocycles. The number of hydrogen-bond acceptors (Lipinski definition) is 8. The minimum atomic E-state index is -1.30. The summed E-state index contributed by atoms with van der Waals surface area (Å²) >= 11 is 0. The zero-order valence-electron chi connectivity index (χ0n) is 21.6. The minimum Gasteiger partial charge on any atom is -0.507 e. The summed E-state index contributed by atoms with van der Waals surface area (Å²) in [5, 5.41) is 34.9. The van der Waals surface area contributed by atoms with Gasteiger partial charge in [-0.3, -0.25) is 0 Å². The van der Waals surface area contributed by atoms with Crippen molar-refractivity contribution >= 4 is 5.76 Å². The number of methoxy groups -OCH3 is 2. The predicted molar refractivity (Wildman–Crippen MR) is 133 cm³/mol. The Labute approximate surface area is 210 Å². The molecule has 1 aliphatic heterocycles. The third-order valence-corrected chi connectivity index (χ3v) is 9.09. The normalized spacial score (nSPS) is 32.6. The Bertz CT molecular complexity index is 1320. The molecule has 3 N–H and O–H groups in total. The van der Waals surface area contributed by atoms with Crippen LogP contribution in [0.25, 0.3) is 17.1 Å². The van der Waals surface area contributed by atoms with Crippen LogP contribution in [0.1, 0.15) is 58.9 Å². The fourth-order valence-electron chi connectivity index (χ4n) is 6.90. The van der Waals surface area contributed by atoms with E-state index in [1.807, 2.05) is 20.8 Å². The smallest absolute Gasteiger partial charge is 0.351 e. The Kier molecular flexibility index (Phi) is 5.33. The fraction of sp³-hybridized carbons (Fsp3) is 0.536. The maximum atomic E-state index is 13.3. The molecule has 2 saturated carbocycles. The molecular formula is C28H34O8. The minimum absolute atomic E-state index is 0.104. The van der Waals surface area contributed by atoms with Crippen LogP contribution in [0, 0.1) is 10.8 Å². The van der Waals surface area contributed by atoms with Gasteiger partial charge in [-0.2, -0.15) is 0 Å². The number of hydrogen-bond donors (Lipinski definition) is 3. The molecule has 0 bridgehead atoms. The van der Waals surface area contributed by atoms with Crippen LogP contribution in [0.3, 0.4) is 0 Å². The van der Waals surface area contributed by atoms with Crippen molar-refractivity contribution in [3.63, 3.8) is 0 Å². The summed E-state index contributed by atoms with van der Waals surface area (Å²) in [6, 6.07) is 6.72. The van der Waals surface area contributed by atoms with E-state index < -0.39 is 33.8 Å². The van der Waals surface area contributed by atoms with Gasteiger partial charge in [-0.1, -0.05) is 20.8 Å². The van der Waals surface area contributed by atoms with Gasteiger partial charge in [0.1, 0.15) is 28.4 Å². The molecule has 8 heteroatoms. The van der Waals surface area contributed by atoms with Crippen molar-refractivity contribution < 1.29 is 33.9 Å². The molecule has 0 spiro atoms. The third kappa shape index (κ3) is 3.03. The highest BCUT2D eigenvalue weighted by molar-refractivity contribution is 5.75. The summed E-state index contributed by atoms with van der Waals surface area (Å²) in [4.78, 5) is 13.3. The first-order chi connectivity index (χ1) is 16.8. The lowest BCUT2D eigenvalue weighted by atomic mass is 9.43. The first-order valence-corrected chi connectivity index (χ1v) is 12.3. The average molecular weight is 499 g/mol. The van der Waals surface area contributed by atoms with Gasteiger partial charge in [0.25, 0.3) is 0 Å². The van der Waals surface area contributed by atoms with Crippen LogP contribution in [0.15, 0.2) is 39.1 Å². The van der Waals surface area contributed by atoms with Gasteiger partial charge in [-0.15, -0.1) is 0 Å². The van der Waals surface area contributed by atoms with E-state index in [1.165, 1.54) is 14.2 Å². The van der Waals surface area contributed by atoms with E-state index in [9.17, 15) is 20.1 Å². The molecule has 2 fully saturated rings. The highest BCUT2D eigenvalue weighted by Crippen LogP contribution is 2.66. The van der Waals surface area contributed by atoms with E-state index >= 15 is 0 Å². The second kappa shape index (κ2) is 7.76. The molecule has 8 nitrogen and oxygen atoms in total. The monoisotopic (exact) mass is 498 g/mol. The van der Waals surface area contributed by atoms with Crippen molar-refractivity contribution in [1.82, 2.24) is 0 Å². The summed E-state index contributed by atoms with van der Waals surface area (Å²) in [5.41, 5.74) is -4.03. The summed E-state index contributed by atoms with van der Waals surface area (Å²) in [6.45, 7) is 7.58. The van der Waals surface area contributed by atoms with Crippen molar-refractivity contribution in [2.45, 2.75) is 70.7 Å². The predicted octanol–water partition coefficient (Wildman–Crippen LogP) is 4.46. The maximum absolute atomic E-state index is 13.3. The number of aliphatic hydroxyl groups excluding tert-OH is 2. The molecule has 5 rings (SSSR count). The van der Waals surface area contributed by atoms with Crippen LogP contribution < -0.4 is 19.8 Å². The summed E-state index contributed by atoms with van der Waals surface area (Å²) in [5.74, 6) is 1.16. The van der Waals surface area contributed by atoms with E-state index in [-0.39, 0.29) is 22.8 Å². The molecule has 0 unspecified atom stereocenters. The second-order valence-corrected chi connectivity index (χ2v) is 11.3. The zero-order chi connectivity index (χ0) is 26.3. The lowest BCUT2D eigenvalue weighted by Crippen LogP contribution is -2.71. The van der Waals surface area contributed by atoms with Crippen molar-refractivity contribution in [2.75, 3.05) is 14.2 Å². The van der Waals surface area contributed by atoms with Crippen LogP contribution >= 0.6 is 0 Å². The van der Waals surface area contributed by atoms with Crippen molar-refractivity contribution in [2.24, 2.45) is 10.8 Å². The van der Waals surface area contributed by atoms with Crippen LogP contribution in [0.5, 0.6) is 17.2 Å². The molecule has 0 saturated heterocycles. The highest BCUT2D eigenvalue weighted by atomic mass is 16.5. The SMILES string of the molecule is COc1ccc(-c2cc3c(c(=O)o2)C(O)=C2[C@@](C)(CC[C@@]4(O)C(C)(C)CC[C@@H](O)[C@]24C)O3)cc1OC. The molecular weight excluding hydrogens is 464 g/mol. The molecule has 4 atom stereocenters. The van der Waals surface area contributed by atoms with Gasteiger partial charge in [-0.05, 0) is 56.2 Å². The fourth-order valence-corrected chi connectivity index (χ4v) is 6.90. The Morgan fingerprint density at radius 2 is 1.69 bits per heavy atom. The van der Waals surface area contributed by atoms with Gasteiger partial charge in [0, 0.05) is 17.2 Å². The van der Waals surface area contributed by atoms with E-state index in [0.29, 0.717) is 48.3 Å².